The van der Waals surface area contributed by atoms with Gasteiger partial charge in [-0.15, -0.1) is 12.6 Å². The van der Waals surface area contributed by atoms with Gasteiger partial charge >= 0.3 is 5.97 Å². The van der Waals surface area contributed by atoms with E-state index in [9.17, 15) is 4.79 Å². The van der Waals surface area contributed by atoms with Gasteiger partial charge in [0.25, 0.3) is 0 Å². The van der Waals surface area contributed by atoms with Gasteiger partial charge in [0.15, 0.2) is 0 Å². The fraction of sp³-hybridized carbons (Fsp3) is 0.333. The quantitative estimate of drug-likeness (QED) is 0.626. The molecule has 0 aromatic heterocycles. The van der Waals surface area contributed by atoms with Crippen LogP contribution in [0.4, 0.5) is 0 Å². The van der Waals surface area contributed by atoms with Crippen molar-refractivity contribution in [2.75, 3.05) is 6.61 Å². The molecule has 0 aliphatic carbocycles. The van der Waals surface area contributed by atoms with Gasteiger partial charge in [0.1, 0.15) is 0 Å². The number of esters is 1. The summed E-state index contributed by atoms with van der Waals surface area (Å²) >= 11 is 4.19. The van der Waals surface area contributed by atoms with Gasteiger partial charge in [-0.3, -0.25) is 4.79 Å². The van der Waals surface area contributed by atoms with Crippen molar-refractivity contribution >= 4 is 18.6 Å². The summed E-state index contributed by atoms with van der Waals surface area (Å²) in [5.74, 6) is -0.356. The first kappa shape index (κ1) is 13.6. The van der Waals surface area contributed by atoms with E-state index >= 15 is 0 Å². The lowest BCUT2D eigenvalue weighted by Gasteiger charge is -2.10. The van der Waals surface area contributed by atoms with Crippen molar-refractivity contribution in [3.8, 4) is 6.07 Å². The summed E-state index contributed by atoms with van der Waals surface area (Å²) in [4.78, 5) is 12.1. The first-order valence-corrected chi connectivity index (χ1v) is 5.67. The summed E-state index contributed by atoms with van der Waals surface area (Å²) in [5, 5.41) is 9.03. The van der Waals surface area contributed by atoms with Crippen LogP contribution < -0.4 is 5.73 Å². The molecule has 0 saturated heterocycles. The number of rotatable bonds is 4. The summed E-state index contributed by atoms with van der Waals surface area (Å²) in [5.41, 5.74) is 7.40. The normalized spacial score (nSPS) is 9.76. The van der Waals surface area contributed by atoms with E-state index in [1.807, 2.05) is 6.07 Å². The highest BCUT2D eigenvalue weighted by atomic mass is 32.1. The number of carbonyl (C=O) groups is 1. The molecule has 0 bridgehead atoms. The topological polar surface area (TPSA) is 76.1 Å². The lowest BCUT2D eigenvalue weighted by molar-refractivity contribution is -0.142. The molecular formula is C12H14N2O2S. The van der Waals surface area contributed by atoms with Crippen molar-refractivity contribution in [2.24, 2.45) is 5.73 Å². The molecule has 1 aromatic carbocycles. The van der Waals surface area contributed by atoms with Crippen LogP contribution in [0.2, 0.25) is 0 Å². The van der Waals surface area contributed by atoms with E-state index < -0.39 is 0 Å². The molecule has 1 rings (SSSR count). The average Bonchev–Trinajstić information content (AvgIpc) is 2.31. The minimum absolute atomic E-state index is 0.0668. The van der Waals surface area contributed by atoms with Gasteiger partial charge in [0.05, 0.1) is 24.7 Å². The number of nitrogens with zero attached hydrogens (tertiary/aromatic N) is 1. The molecule has 0 spiro atoms. The second-order valence-electron chi connectivity index (χ2n) is 3.43. The van der Waals surface area contributed by atoms with Crippen LogP contribution in [0.3, 0.4) is 0 Å². The van der Waals surface area contributed by atoms with E-state index in [-0.39, 0.29) is 18.9 Å². The van der Waals surface area contributed by atoms with Crippen LogP contribution >= 0.6 is 12.6 Å². The molecule has 2 N–H and O–H groups in total. The first-order valence-electron chi connectivity index (χ1n) is 5.22. The molecule has 90 valence electrons. The van der Waals surface area contributed by atoms with Gasteiger partial charge < -0.3 is 10.5 Å². The summed E-state index contributed by atoms with van der Waals surface area (Å²) in [6.07, 6.45) is 0.0668. The van der Waals surface area contributed by atoms with Crippen LogP contribution in [-0.2, 0) is 22.5 Å². The molecule has 4 nitrogen and oxygen atoms in total. The van der Waals surface area contributed by atoms with Crippen LogP contribution in [0.15, 0.2) is 17.0 Å². The monoisotopic (exact) mass is 250 g/mol. The van der Waals surface area contributed by atoms with Crippen LogP contribution in [0.1, 0.15) is 23.6 Å². The van der Waals surface area contributed by atoms with Crippen molar-refractivity contribution in [2.45, 2.75) is 24.8 Å². The van der Waals surface area contributed by atoms with Gasteiger partial charge in [-0.25, -0.2) is 0 Å². The highest BCUT2D eigenvalue weighted by Crippen LogP contribution is 2.20. The standard InChI is InChI=1S/C12H14N2O2S/c1-2-16-12(15)5-11-8(6-13)3-10(17)4-9(11)7-14/h3-4,17H,2,5-6,13H2,1H3. The number of carbonyl (C=O) groups excluding carboxylic acids is 1. The van der Waals surface area contributed by atoms with Crippen molar-refractivity contribution in [1.82, 2.24) is 0 Å². The Morgan fingerprint density at radius 1 is 1.59 bits per heavy atom. The summed E-state index contributed by atoms with van der Waals surface area (Å²) in [7, 11) is 0. The summed E-state index contributed by atoms with van der Waals surface area (Å²) in [6.45, 7) is 2.32. The molecule has 1 aromatic rings. The van der Waals surface area contributed by atoms with E-state index in [1.54, 1.807) is 19.1 Å². The van der Waals surface area contributed by atoms with Gasteiger partial charge in [-0.2, -0.15) is 5.26 Å². The molecule has 0 saturated carbocycles. The second kappa shape index (κ2) is 6.28. The van der Waals surface area contributed by atoms with E-state index in [4.69, 9.17) is 15.7 Å². The second-order valence-corrected chi connectivity index (χ2v) is 3.95. The molecule has 0 fully saturated rings. The minimum atomic E-state index is -0.356. The maximum Gasteiger partial charge on any atom is 0.310 e. The van der Waals surface area contributed by atoms with Crippen LogP contribution in [0.5, 0.6) is 0 Å². The first-order chi connectivity index (χ1) is 8.12. The zero-order valence-electron chi connectivity index (χ0n) is 9.56. The third kappa shape index (κ3) is 3.48. The van der Waals surface area contributed by atoms with Crippen molar-refractivity contribution in [3.05, 3.63) is 28.8 Å². The number of nitriles is 1. The van der Waals surface area contributed by atoms with Crippen molar-refractivity contribution in [1.29, 1.82) is 5.26 Å². The Labute approximate surface area is 106 Å². The number of hydrogen-bond acceptors (Lipinski definition) is 5. The smallest absolute Gasteiger partial charge is 0.310 e. The van der Waals surface area contributed by atoms with Crippen molar-refractivity contribution in [3.63, 3.8) is 0 Å². The Hall–Kier alpha value is -1.51. The van der Waals surface area contributed by atoms with E-state index in [2.05, 4.69) is 12.6 Å². The van der Waals surface area contributed by atoms with Gasteiger partial charge in [-0.1, -0.05) is 0 Å². The van der Waals surface area contributed by atoms with E-state index in [0.29, 0.717) is 22.6 Å². The summed E-state index contributed by atoms with van der Waals surface area (Å²) in [6, 6.07) is 5.43. The fourth-order valence-electron chi connectivity index (χ4n) is 1.56. The van der Waals surface area contributed by atoms with Crippen LogP contribution in [-0.4, -0.2) is 12.6 Å². The van der Waals surface area contributed by atoms with Gasteiger partial charge in [0, 0.05) is 11.4 Å². The third-order valence-corrected chi connectivity index (χ3v) is 2.55. The Balaban J connectivity index is 3.12. The number of thiol groups is 1. The largest absolute Gasteiger partial charge is 0.466 e. The summed E-state index contributed by atoms with van der Waals surface area (Å²) < 4.78 is 4.87. The Morgan fingerprint density at radius 3 is 2.82 bits per heavy atom. The predicted octanol–water partition coefficient (Wildman–Crippen LogP) is 1.41. The molecule has 0 aliphatic rings. The Morgan fingerprint density at radius 2 is 2.29 bits per heavy atom. The van der Waals surface area contributed by atoms with Crippen LogP contribution in [0, 0.1) is 11.3 Å². The molecule has 0 radical (unpaired) electrons. The van der Waals surface area contributed by atoms with Gasteiger partial charge in [0.2, 0.25) is 0 Å². The molecular weight excluding hydrogens is 236 g/mol. The molecule has 0 heterocycles. The SMILES string of the molecule is CCOC(=O)Cc1c(C#N)cc(S)cc1CN. The van der Waals surface area contributed by atoms with Crippen LogP contribution in [0.25, 0.3) is 0 Å². The highest BCUT2D eigenvalue weighted by Gasteiger charge is 2.13. The Kier molecular flexibility index (Phi) is 5.01. The molecule has 5 heteroatoms. The Bertz CT molecular complexity index is 466. The van der Waals surface area contributed by atoms with Gasteiger partial charge in [-0.05, 0) is 30.2 Å². The molecule has 0 amide bonds. The number of nitrogens with two attached hydrogens (primary N) is 1. The van der Waals surface area contributed by atoms with E-state index in [1.165, 1.54) is 0 Å². The fourth-order valence-corrected chi connectivity index (χ4v) is 1.85. The average molecular weight is 250 g/mol. The molecule has 0 aliphatic heterocycles. The number of benzene rings is 1. The predicted molar refractivity (Wildman–Crippen MR) is 66.6 cm³/mol. The van der Waals surface area contributed by atoms with Crippen molar-refractivity contribution < 1.29 is 9.53 Å². The maximum atomic E-state index is 11.4. The lowest BCUT2D eigenvalue weighted by Crippen LogP contribution is -2.12. The maximum absolute atomic E-state index is 11.4. The molecule has 17 heavy (non-hydrogen) atoms. The third-order valence-electron chi connectivity index (χ3n) is 2.29. The molecule has 0 unspecified atom stereocenters. The zero-order chi connectivity index (χ0) is 12.8. The number of hydrogen-bond donors (Lipinski definition) is 2. The minimum Gasteiger partial charge on any atom is -0.466 e. The lowest BCUT2D eigenvalue weighted by atomic mass is 9.99. The van der Waals surface area contributed by atoms with E-state index in [0.717, 1.165) is 5.56 Å². The molecule has 0 atom stereocenters. The highest BCUT2D eigenvalue weighted by molar-refractivity contribution is 7.80. The zero-order valence-corrected chi connectivity index (χ0v) is 10.5. The number of ether oxygens (including phenoxy) is 1.